The van der Waals surface area contributed by atoms with E-state index < -0.39 is 21.8 Å². The number of sulfonamides is 1. The van der Waals surface area contributed by atoms with Gasteiger partial charge in [-0.3, -0.25) is 9.36 Å². The van der Waals surface area contributed by atoms with Crippen LogP contribution in [0.1, 0.15) is 5.56 Å². The summed E-state index contributed by atoms with van der Waals surface area (Å²) in [5.41, 5.74) is 1.47. The SMILES string of the molecule is Cn1c(=O)oc2cc(S(=O)(=O)N[C@H](Cc3ccccc3)C(=O)N3CCN(c4ccccn4)CC3)ccc21. The summed E-state index contributed by atoms with van der Waals surface area (Å²) in [4.78, 5) is 33.5. The van der Waals surface area contributed by atoms with E-state index in [2.05, 4.69) is 14.6 Å². The Kier molecular flexibility index (Phi) is 6.81. The summed E-state index contributed by atoms with van der Waals surface area (Å²) in [6.07, 6.45) is 1.93. The van der Waals surface area contributed by atoms with Gasteiger partial charge in [-0.1, -0.05) is 36.4 Å². The molecule has 0 saturated carbocycles. The number of oxazole rings is 1. The van der Waals surface area contributed by atoms with Gasteiger partial charge >= 0.3 is 5.76 Å². The number of hydrogen-bond donors (Lipinski definition) is 1. The number of anilines is 1. The van der Waals surface area contributed by atoms with Crippen LogP contribution in [0.25, 0.3) is 11.1 Å². The minimum atomic E-state index is -4.10. The number of nitrogens with zero attached hydrogens (tertiary/aromatic N) is 4. The lowest BCUT2D eigenvalue weighted by atomic mass is 10.1. The van der Waals surface area contributed by atoms with E-state index in [-0.39, 0.29) is 22.8 Å². The Bertz CT molecular complexity index is 1560. The quantitative estimate of drug-likeness (QED) is 0.394. The summed E-state index contributed by atoms with van der Waals surface area (Å²) in [5, 5.41) is 0. The highest BCUT2D eigenvalue weighted by atomic mass is 32.2. The summed E-state index contributed by atoms with van der Waals surface area (Å²) in [7, 11) is -2.56. The Morgan fingerprint density at radius 2 is 1.76 bits per heavy atom. The molecule has 3 heterocycles. The van der Waals surface area contributed by atoms with E-state index in [0.29, 0.717) is 31.7 Å². The van der Waals surface area contributed by atoms with E-state index in [1.165, 1.54) is 22.8 Å². The Labute approximate surface area is 214 Å². The molecule has 1 atom stereocenters. The first-order chi connectivity index (χ1) is 17.8. The Balaban J connectivity index is 1.37. The fourth-order valence-corrected chi connectivity index (χ4v) is 5.69. The molecule has 1 fully saturated rings. The molecule has 1 saturated heterocycles. The van der Waals surface area contributed by atoms with Crippen molar-refractivity contribution in [2.75, 3.05) is 31.1 Å². The van der Waals surface area contributed by atoms with Crippen molar-refractivity contribution in [2.45, 2.75) is 17.4 Å². The summed E-state index contributed by atoms with van der Waals surface area (Å²) < 4.78 is 35.8. The van der Waals surface area contributed by atoms with Gasteiger partial charge in [0.25, 0.3) is 0 Å². The van der Waals surface area contributed by atoms with Crippen LogP contribution in [0.3, 0.4) is 0 Å². The molecule has 0 unspecified atom stereocenters. The number of carbonyl (C=O) groups excluding carboxylic acids is 1. The van der Waals surface area contributed by atoms with Gasteiger partial charge in [0.1, 0.15) is 11.9 Å². The van der Waals surface area contributed by atoms with Gasteiger partial charge in [0.15, 0.2) is 5.58 Å². The molecule has 11 heteroatoms. The molecule has 0 spiro atoms. The molecule has 1 aliphatic rings. The second-order valence-corrected chi connectivity index (χ2v) is 10.6. The van der Waals surface area contributed by atoms with Gasteiger partial charge in [-0.05, 0) is 36.2 Å². The Morgan fingerprint density at radius 3 is 2.46 bits per heavy atom. The maximum atomic E-state index is 13.6. The van der Waals surface area contributed by atoms with E-state index in [9.17, 15) is 18.0 Å². The van der Waals surface area contributed by atoms with Gasteiger partial charge in [-0.25, -0.2) is 18.2 Å². The first-order valence-corrected chi connectivity index (χ1v) is 13.4. The van der Waals surface area contributed by atoms with Crippen LogP contribution in [-0.4, -0.2) is 61.0 Å². The van der Waals surface area contributed by atoms with Crippen molar-refractivity contribution in [3.63, 3.8) is 0 Å². The molecule has 5 rings (SSSR count). The smallest absolute Gasteiger partial charge is 0.408 e. The first kappa shape index (κ1) is 24.7. The lowest BCUT2D eigenvalue weighted by Gasteiger charge is -2.37. The molecule has 10 nitrogen and oxygen atoms in total. The van der Waals surface area contributed by atoms with Crippen molar-refractivity contribution in [3.05, 3.63) is 89.0 Å². The van der Waals surface area contributed by atoms with Crippen molar-refractivity contribution in [1.29, 1.82) is 0 Å². The molecule has 37 heavy (non-hydrogen) atoms. The van der Waals surface area contributed by atoms with Gasteiger partial charge in [0, 0.05) is 45.5 Å². The summed E-state index contributed by atoms with van der Waals surface area (Å²) >= 11 is 0. The molecule has 0 radical (unpaired) electrons. The van der Waals surface area contributed by atoms with Crippen LogP contribution in [0.15, 0.2) is 87.0 Å². The van der Waals surface area contributed by atoms with Gasteiger partial charge < -0.3 is 14.2 Å². The van der Waals surface area contributed by atoms with E-state index >= 15 is 0 Å². The molecule has 1 aliphatic heterocycles. The van der Waals surface area contributed by atoms with Gasteiger partial charge in [-0.2, -0.15) is 4.72 Å². The molecule has 4 aromatic rings. The van der Waals surface area contributed by atoms with E-state index in [0.717, 1.165) is 11.4 Å². The minimum Gasteiger partial charge on any atom is -0.408 e. The Morgan fingerprint density at radius 1 is 1.03 bits per heavy atom. The highest BCUT2D eigenvalue weighted by Crippen LogP contribution is 2.20. The number of fused-ring (bicyclic) bond motifs is 1. The number of aromatic nitrogens is 2. The van der Waals surface area contributed by atoms with Crippen LogP contribution in [0.4, 0.5) is 5.82 Å². The number of benzene rings is 2. The fourth-order valence-electron chi connectivity index (χ4n) is 4.48. The average molecular weight is 522 g/mol. The third kappa shape index (κ3) is 5.27. The zero-order valence-electron chi connectivity index (χ0n) is 20.3. The van der Waals surface area contributed by atoms with Gasteiger partial charge in [-0.15, -0.1) is 0 Å². The van der Waals surface area contributed by atoms with Crippen LogP contribution in [0, 0.1) is 0 Å². The predicted octanol–water partition coefficient (Wildman–Crippen LogP) is 1.76. The topological polar surface area (TPSA) is 118 Å². The Hall–Kier alpha value is -3.96. The molecule has 1 N–H and O–H groups in total. The van der Waals surface area contributed by atoms with Crippen molar-refractivity contribution in [3.8, 4) is 0 Å². The van der Waals surface area contributed by atoms with Crippen LogP contribution >= 0.6 is 0 Å². The monoisotopic (exact) mass is 521 g/mol. The van der Waals surface area contributed by atoms with Crippen molar-refractivity contribution < 1.29 is 17.6 Å². The third-order valence-electron chi connectivity index (χ3n) is 6.52. The molecular formula is C26H27N5O5S. The number of amides is 1. The highest BCUT2D eigenvalue weighted by molar-refractivity contribution is 7.89. The summed E-state index contributed by atoms with van der Waals surface area (Å²) in [5.74, 6) is -0.0287. The number of pyridine rings is 1. The van der Waals surface area contributed by atoms with Crippen LogP contribution in [0.2, 0.25) is 0 Å². The second-order valence-electron chi connectivity index (χ2n) is 8.92. The standard InChI is InChI=1S/C26H27N5O5S/c1-29-22-11-10-20(18-23(22)36-26(29)33)37(34,35)28-21(17-19-7-3-2-4-8-19)25(32)31-15-13-30(14-16-31)24-9-5-6-12-27-24/h2-12,18,21,28H,13-17H2,1H3/t21-/m1/s1. The van der Waals surface area contributed by atoms with Crippen LogP contribution in [-0.2, 0) is 28.3 Å². The second kappa shape index (κ2) is 10.2. The highest BCUT2D eigenvalue weighted by Gasteiger charge is 2.32. The zero-order chi connectivity index (χ0) is 26.0. The van der Waals surface area contributed by atoms with Crippen molar-refractivity contribution >= 4 is 32.8 Å². The fraction of sp³-hybridized carbons (Fsp3) is 0.269. The van der Waals surface area contributed by atoms with Crippen LogP contribution < -0.4 is 15.4 Å². The maximum Gasteiger partial charge on any atom is 0.419 e. The lowest BCUT2D eigenvalue weighted by molar-refractivity contribution is -0.133. The number of piperazine rings is 1. The maximum absolute atomic E-state index is 13.6. The molecule has 2 aromatic heterocycles. The third-order valence-corrected chi connectivity index (χ3v) is 7.99. The molecule has 0 aliphatic carbocycles. The number of hydrogen-bond acceptors (Lipinski definition) is 7. The largest absolute Gasteiger partial charge is 0.419 e. The molecule has 0 bridgehead atoms. The van der Waals surface area contributed by atoms with E-state index in [1.54, 1.807) is 18.1 Å². The minimum absolute atomic E-state index is 0.0832. The number of nitrogens with one attached hydrogen (secondary N) is 1. The van der Waals surface area contributed by atoms with Crippen LogP contribution in [0.5, 0.6) is 0 Å². The molecular weight excluding hydrogens is 494 g/mol. The zero-order valence-corrected chi connectivity index (χ0v) is 21.1. The van der Waals surface area contributed by atoms with E-state index in [1.807, 2.05) is 48.5 Å². The normalized spacial score (nSPS) is 15.2. The predicted molar refractivity (Wildman–Crippen MR) is 139 cm³/mol. The van der Waals surface area contributed by atoms with Gasteiger partial charge in [0.2, 0.25) is 15.9 Å². The summed E-state index contributed by atoms with van der Waals surface area (Å²) in [6, 6.07) is 18.2. The molecule has 1 amide bonds. The average Bonchev–Trinajstić information content (AvgIpc) is 3.21. The van der Waals surface area contributed by atoms with Crippen molar-refractivity contribution in [1.82, 2.24) is 19.2 Å². The molecule has 192 valence electrons. The van der Waals surface area contributed by atoms with Crippen molar-refractivity contribution in [2.24, 2.45) is 7.05 Å². The first-order valence-electron chi connectivity index (χ1n) is 11.9. The van der Waals surface area contributed by atoms with Gasteiger partial charge in [0.05, 0.1) is 10.4 Å². The lowest BCUT2D eigenvalue weighted by Crippen LogP contribution is -2.55. The molecule has 2 aromatic carbocycles. The summed E-state index contributed by atoms with van der Waals surface area (Å²) in [6.45, 7) is 2.08. The number of carbonyl (C=O) groups is 1. The number of aryl methyl sites for hydroxylation is 1. The number of rotatable bonds is 7. The van der Waals surface area contributed by atoms with E-state index in [4.69, 9.17) is 4.42 Å².